The monoisotopic (exact) mass is 316 g/mol. The zero-order chi connectivity index (χ0) is 17.0. The van der Waals surface area contributed by atoms with Gasteiger partial charge in [0.05, 0.1) is 19.1 Å². The number of carbonyl (C=O) groups is 2. The fourth-order valence-corrected chi connectivity index (χ4v) is 2.93. The van der Waals surface area contributed by atoms with Gasteiger partial charge >= 0.3 is 5.97 Å². The second-order valence-corrected chi connectivity index (χ2v) is 5.89. The molecule has 0 radical (unpaired) electrons. The van der Waals surface area contributed by atoms with Crippen LogP contribution in [0.25, 0.3) is 10.9 Å². The van der Waals surface area contributed by atoms with Crippen LogP contribution in [0.5, 0.6) is 0 Å². The van der Waals surface area contributed by atoms with Crippen molar-refractivity contribution in [1.82, 2.24) is 4.98 Å². The molecule has 0 spiro atoms. The summed E-state index contributed by atoms with van der Waals surface area (Å²) in [5.74, 6) is -0.708. The largest absolute Gasteiger partial charge is 0.465 e. The third-order valence-corrected chi connectivity index (χ3v) is 4.13. The van der Waals surface area contributed by atoms with Crippen molar-refractivity contribution in [1.29, 1.82) is 0 Å². The number of hydrogen-bond acceptors (Lipinski definition) is 3. The Kier molecular flexibility index (Phi) is 5.42. The van der Waals surface area contributed by atoms with Crippen molar-refractivity contribution < 1.29 is 14.3 Å². The number of nitrogens with two attached hydrogens (primary N) is 1. The number of H-pyrrole nitrogens is 1. The van der Waals surface area contributed by atoms with Crippen LogP contribution < -0.4 is 5.73 Å². The Hall–Kier alpha value is -2.30. The number of hydrogen-bond donors (Lipinski definition) is 2. The number of nitrogens with one attached hydrogen (secondary N) is 1. The summed E-state index contributed by atoms with van der Waals surface area (Å²) in [6.07, 6.45) is 4.41. The number of methoxy groups -OCH3 is 1. The number of rotatable bonds is 7. The molecule has 0 aliphatic carbocycles. The van der Waals surface area contributed by atoms with Crippen LogP contribution in [0.1, 0.15) is 53.4 Å². The normalized spacial score (nSPS) is 10.9. The van der Waals surface area contributed by atoms with E-state index in [1.807, 2.05) is 13.0 Å². The quantitative estimate of drug-likeness (QED) is 0.608. The van der Waals surface area contributed by atoms with Crippen molar-refractivity contribution in [3.63, 3.8) is 0 Å². The maximum Gasteiger partial charge on any atom is 0.338 e. The Labute approximate surface area is 136 Å². The number of unbranched alkanes of at least 4 members (excludes halogenated alkanes) is 2. The number of ether oxygens (including phenoxy) is 1. The lowest BCUT2D eigenvalue weighted by molar-refractivity contribution is -0.117. The number of aromatic nitrogens is 1. The highest BCUT2D eigenvalue weighted by Crippen LogP contribution is 2.28. The van der Waals surface area contributed by atoms with E-state index in [0.717, 1.165) is 53.4 Å². The molecule has 5 nitrogen and oxygen atoms in total. The summed E-state index contributed by atoms with van der Waals surface area (Å²) in [4.78, 5) is 26.6. The van der Waals surface area contributed by atoms with E-state index in [-0.39, 0.29) is 18.3 Å². The number of aryl methyl sites for hydroxylation is 2. The van der Waals surface area contributed by atoms with Gasteiger partial charge in [-0.15, -0.1) is 0 Å². The van der Waals surface area contributed by atoms with Crippen molar-refractivity contribution in [3.8, 4) is 0 Å². The van der Waals surface area contributed by atoms with Gasteiger partial charge in [0.2, 0.25) is 5.91 Å². The molecule has 1 amide bonds. The first-order chi connectivity index (χ1) is 11.0. The van der Waals surface area contributed by atoms with E-state index in [9.17, 15) is 9.59 Å². The highest BCUT2D eigenvalue weighted by molar-refractivity contribution is 5.98. The van der Waals surface area contributed by atoms with Gasteiger partial charge in [-0.3, -0.25) is 4.79 Å². The molecule has 5 heteroatoms. The van der Waals surface area contributed by atoms with Gasteiger partial charge in [-0.25, -0.2) is 4.79 Å². The molecule has 0 aliphatic rings. The fraction of sp³-hybridized carbons (Fsp3) is 0.444. The van der Waals surface area contributed by atoms with Crippen LogP contribution in [0.15, 0.2) is 12.1 Å². The maximum atomic E-state index is 11.8. The summed E-state index contributed by atoms with van der Waals surface area (Å²) in [6, 6.07) is 3.73. The zero-order valence-electron chi connectivity index (χ0n) is 14.0. The van der Waals surface area contributed by atoms with Gasteiger partial charge in [0.1, 0.15) is 0 Å². The highest BCUT2D eigenvalue weighted by atomic mass is 16.5. The van der Waals surface area contributed by atoms with E-state index in [2.05, 4.69) is 11.9 Å². The predicted molar refractivity (Wildman–Crippen MR) is 90.5 cm³/mol. The number of esters is 1. The number of benzene rings is 1. The summed E-state index contributed by atoms with van der Waals surface area (Å²) < 4.78 is 4.82. The highest BCUT2D eigenvalue weighted by Gasteiger charge is 2.17. The van der Waals surface area contributed by atoms with Crippen LogP contribution in [0.3, 0.4) is 0 Å². The molecular formula is C18H24N2O3. The van der Waals surface area contributed by atoms with Crippen LogP contribution >= 0.6 is 0 Å². The predicted octanol–water partition coefficient (Wildman–Crippen LogP) is 3.02. The topological polar surface area (TPSA) is 85.2 Å². The Balaban J connectivity index is 2.52. The Morgan fingerprint density at radius 1 is 1.26 bits per heavy atom. The minimum absolute atomic E-state index is 0.207. The second-order valence-electron chi connectivity index (χ2n) is 5.89. The first kappa shape index (κ1) is 17.1. The summed E-state index contributed by atoms with van der Waals surface area (Å²) in [5, 5.41) is 0.959. The summed E-state index contributed by atoms with van der Waals surface area (Å²) in [6.45, 7) is 4.02. The molecule has 1 aromatic carbocycles. The third-order valence-electron chi connectivity index (χ3n) is 4.13. The van der Waals surface area contributed by atoms with Gasteiger partial charge in [-0.05, 0) is 43.0 Å². The van der Waals surface area contributed by atoms with Gasteiger partial charge in [-0.1, -0.05) is 19.8 Å². The number of primary amides is 1. The molecule has 1 heterocycles. The van der Waals surface area contributed by atoms with Crippen molar-refractivity contribution in [2.45, 2.75) is 46.0 Å². The molecule has 0 saturated heterocycles. The molecule has 0 unspecified atom stereocenters. The van der Waals surface area contributed by atoms with E-state index in [4.69, 9.17) is 10.5 Å². The lowest BCUT2D eigenvalue weighted by Crippen LogP contribution is -2.14. The smallest absolute Gasteiger partial charge is 0.338 e. The van der Waals surface area contributed by atoms with Crippen LogP contribution in [-0.2, 0) is 22.4 Å². The molecule has 23 heavy (non-hydrogen) atoms. The van der Waals surface area contributed by atoms with Crippen LogP contribution in [0.2, 0.25) is 0 Å². The van der Waals surface area contributed by atoms with E-state index >= 15 is 0 Å². The number of aromatic amines is 1. The molecule has 0 aliphatic heterocycles. The molecular weight excluding hydrogens is 292 g/mol. The minimum atomic E-state index is -0.358. The van der Waals surface area contributed by atoms with Crippen LogP contribution in [0, 0.1) is 6.92 Å². The van der Waals surface area contributed by atoms with Gasteiger partial charge in [0, 0.05) is 16.6 Å². The van der Waals surface area contributed by atoms with Gasteiger partial charge in [0.25, 0.3) is 0 Å². The van der Waals surface area contributed by atoms with Crippen molar-refractivity contribution in [2.75, 3.05) is 7.11 Å². The standard InChI is InChI=1S/C18H24N2O3/c1-4-5-6-7-15-14(10-17(19)21)13-8-11(2)12(18(22)23-3)9-16(13)20-15/h8-9,20H,4-7,10H2,1-3H3,(H2,19,21). The molecule has 0 saturated carbocycles. The van der Waals surface area contributed by atoms with E-state index in [0.29, 0.717) is 5.56 Å². The second kappa shape index (κ2) is 7.31. The zero-order valence-corrected chi connectivity index (χ0v) is 14.0. The number of amides is 1. The lowest BCUT2D eigenvalue weighted by Gasteiger charge is -2.05. The van der Waals surface area contributed by atoms with Crippen molar-refractivity contribution in [2.24, 2.45) is 5.73 Å². The molecule has 3 N–H and O–H groups in total. The summed E-state index contributed by atoms with van der Waals surface area (Å²) in [5.41, 5.74) is 9.60. The number of fused-ring (bicyclic) bond motifs is 1. The molecule has 1 aromatic heterocycles. The van der Waals surface area contributed by atoms with Crippen molar-refractivity contribution in [3.05, 3.63) is 34.5 Å². The van der Waals surface area contributed by atoms with E-state index < -0.39 is 0 Å². The minimum Gasteiger partial charge on any atom is -0.465 e. The molecule has 0 fully saturated rings. The van der Waals surface area contributed by atoms with Crippen LogP contribution in [-0.4, -0.2) is 24.0 Å². The van der Waals surface area contributed by atoms with Gasteiger partial charge < -0.3 is 15.5 Å². The fourth-order valence-electron chi connectivity index (χ4n) is 2.93. The average molecular weight is 316 g/mol. The Morgan fingerprint density at radius 3 is 2.61 bits per heavy atom. The first-order valence-corrected chi connectivity index (χ1v) is 7.98. The average Bonchev–Trinajstić information content (AvgIpc) is 2.82. The van der Waals surface area contributed by atoms with Crippen molar-refractivity contribution >= 4 is 22.8 Å². The van der Waals surface area contributed by atoms with E-state index in [1.54, 1.807) is 6.07 Å². The van der Waals surface area contributed by atoms with Crippen LogP contribution in [0.4, 0.5) is 0 Å². The molecule has 0 bridgehead atoms. The molecule has 0 atom stereocenters. The maximum absolute atomic E-state index is 11.8. The van der Waals surface area contributed by atoms with Gasteiger partial charge in [-0.2, -0.15) is 0 Å². The molecule has 2 rings (SSSR count). The Morgan fingerprint density at radius 2 is 2.00 bits per heavy atom. The molecule has 124 valence electrons. The number of carbonyl (C=O) groups excluding carboxylic acids is 2. The Bertz CT molecular complexity index is 731. The summed E-state index contributed by atoms with van der Waals surface area (Å²) in [7, 11) is 1.37. The molecule has 2 aromatic rings. The SMILES string of the molecule is CCCCCc1[nH]c2cc(C(=O)OC)c(C)cc2c1CC(N)=O. The third kappa shape index (κ3) is 3.73. The lowest BCUT2D eigenvalue weighted by atomic mass is 10.00. The first-order valence-electron chi connectivity index (χ1n) is 7.98. The summed E-state index contributed by atoms with van der Waals surface area (Å²) >= 11 is 0. The van der Waals surface area contributed by atoms with Gasteiger partial charge in [0.15, 0.2) is 0 Å². The van der Waals surface area contributed by atoms with E-state index in [1.165, 1.54) is 7.11 Å².